The van der Waals surface area contributed by atoms with Crippen LogP contribution in [0.15, 0.2) is 0 Å². The fraction of sp³-hybridized carbons (Fsp3) is 0.900. The Hall–Kier alpha value is -0.320. The summed E-state index contributed by atoms with van der Waals surface area (Å²) in [5.74, 6) is 0.262. The highest BCUT2D eigenvalue weighted by atomic mass is 35.5. The molecule has 2 aliphatic rings. The summed E-state index contributed by atoms with van der Waals surface area (Å²) in [4.78, 5) is 13.8. The van der Waals surface area contributed by atoms with E-state index in [1.165, 1.54) is 0 Å². The highest BCUT2D eigenvalue weighted by Gasteiger charge is 2.31. The van der Waals surface area contributed by atoms with Gasteiger partial charge in [-0.25, -0.2) is 0 Å². The summed E-state index contributed by atoms with van der Waals surface area (Å²) < 4.78 is 5.29. The summed E-state index contributed by atoms with van der Waals surface area (Å²) in [6, 6.07) is 0.0885. The van der Waals surface area contributed by atoms with Crippen LogP contribution in [0, 0.1) is 0 Å². The Labute approximate surface area is 96.7 Å². The maximum atomic E-state index is 11.8. The first kappa shape index (κ1) is 12.7. The van der Waals surface area contributed by atoms with Crippen molar-refractivity contribution in [1.82, 2.24) is 10.2 Å². The zero-order chi connectivity index (χ0) is 9.97. The molecule has 0 aromatic rings. The van der Waals surface area contributed by atoms with Gasteiger partial charge in [0, 0.05) is 20.2 Å². The molecule has 0 aromatic heterocycles. The molecule has 2 fully saturated rings. The number of nitrogens with zero attached hydrogens (tertiary/aromatic N) is 1. The lowest BCUT2D eigenvalue weighted by molar-refractivity contribution is -0.138. The van der Waals surface area contributed by atoms with Crippen molar-refractivity contribution >= 4 is 18.3 Å². The van der Waals surface area contributed by atoms with Gasteiger partial charge in [0.25, 0.3) is 0 Å². The van der Waals surface area contributed by atoms with E-state index in [1.54, 1.807) is 7.11 Å². The van der Waals surface area contributed by atoms with Crippen LogP contribution in [0.2, 0.25) is 0 Å². The predicted molar refractivity (Wildman–Crippen MR) is 60.3 cm³/mol. The number of hydrogen-bond donors (Lipinski definition) is 1. The normalized spacial score (nSPS) is 30.3. The van der Waals surface area contributed by atoms with E-state index in [0.29, 0.717) is 0 Å². The number of carbonyl (C=O) groups is 1. The van der Waals surface area contributed by atoms with Crippen LogP contribution >= 0.6 is 12.4 Å². The van der Waals surface area contributed by atoms with Crippen LogP contribution in [-0.4, -0.2) is 49.7 Å². The lowest BCUT2D eigenvalue weighted by Gasteiger charge is -2.37. The molecule has 5 heteroatoms. The molecular weight excluding hydrogens is 216 g/mol. The van der Waals surface area contributed by atoms with Gasteiger partial charge >= 0.3 is 0 Å². The van der Waals surface area contributed by atoms with Crippen molar-refractivity contribution in [3.05, 3.63) is 0 Å². The van der Waals surface area contributed by atoms with Crippen LogP contribution in [0.3, 0.4) is 0 Å². The van der Waals surface area contributed by atoms with Crippen molar-refractivity contribution in [1.29, 1.82) is 0 Å². The molecule has 0 aromatic carbocycles. The van der Waals surface area contributed by atoms with Gasteiger partial charge in [-0.1, -0.05) is 0 Å². The average molecular weight is 235 g/mol. The third kappa shape index (κ3) is 2.83. The molecule has 1 unspecified atom stereocenters. The monoisotopic (exact) mass is 234 g/mol. The first-order valence-corrected chi connectivity index (χ1v) is 5.36. The maximum absolute atomic E-state index is 11.8. The molecule has 2 saturated heterocycles. The fourth-order valence-corrected chi connectivity index (χ4v) is 2.05. The number of carbonyl (C=O) groups excluding carboxylic acids is 1. The summed E-state index contributed by atoms with van der Waals surface area (Å²) in [7, 11) is 1.72. The second kappa shape index (κ2) is 5.68. The Kier molecular flexibility index (Phi) is 4.83. The fourth-order valence-electron chi connectivity index (χ4n) is 2.05. The standard InChI is InChI=1S/C10H18N2O2.ClH/c1-14-8-3-2-6-12(7-8)10(13)9-4-5-11-9;/h8-9,11H,2-7H2,1H3;1H/t8?,9-;/m1./s1. The smallest absolute Gasteiger partial charge is 0.239 e. The van der Waals surface area contributed by atoms with Gasteiger partial charge in [0.05, 0.1) is 12.1 Å². The third-order valence-corrected chi connectivity index (χ3v) is 3.15. The van der Waals surface area contributed by atoms with Crippen LogP contribution < -0.4 is 5.32 Å². The Balaban J connectivity index is 0.00000112. The van der Waals surface area contributed by atoms with Crippen molar-refractivity contribution in [3.8, 4) is 0 Å². The highest BCUT2D eigenvalue weighted by molar-refractivity contribution is 5.85. The number of methoxy groups -OCH3 is 1. The number of nitrogens with one attached hydrogen (secondary N) is 1. The van der Waals surface area contributed by atoms with Crippen molar-refractivity contribution in [2.45, 2.75) is 31.4 Å². The molecule has 2 atom stereocenters. The number of hydrogen-bond acceptors (Lipinski definition) is 3. The molecule has 0 aliphatic carbocycles. The molecule has 1 amide bonds. The molecule has 0 radical (unpaired) electrons. The largest absolute Gasteiger partial charge is 0.380 e. The molecule has 4 nitrogen and oxygen atoms in total. The first-order valence-electron chi connectivity index (χ1n) is 5.36. The zero-order valence-corrected chi connectivity index (χ0v) is 9.89. The van der Waals surface area contributed by atoms with Gasteiger partial charge in [-0.2, -0.15) is 0 Å². The number of amides is 1. The number of piperidine rings is 1. The number of rotatable bonds is 2. The van der Waals surface area contributed by atoms with Gasteiger partial charge in [0.15, 0.2) is 0 Å². The van der Waals surface area contributed by atoms with E-state index < -0.39 is 0 Å². The molecule has 0 spiro atoms. The molecule has 2 heterocycles. The quantitative estimate of drug-likeness (QED) is 0.753. The van der Waals surface area contributed by atoms with Crippen LogP contribution in [0.4, 0.5) is 0 Å². The summed E-state index contributed by atoms with van der Waals surface area (Å²) >= 11 is 0. The Morgan fingerprint density at radius 2 is 2.20 bits per heavy atom. The minimum absolute atomic E-state index is 0. The molecular formula is C10H19ClN2O2. The number of ether oxygens (including phenoxy) is 1. The Morgan fingerprint density at radius 1 is 1.47 bits per heavy atom. The van der Waals surface area contributed by atoms with Crippen LogP contribution in [-0.2, 0) is 9.53 Å². The van der Waals surface area contributed by atoms with E-state index >= 15 is 0 Å². The Morgan fingerprint density at radius 3 is 2.73 bits per heavy atom. The minimum atomic E-state index is 0. The molecule has 2 rings (SSSR count). The molecule has 2 aliphatic heterocycles. The predicted octanol–water partition coefficient (Wildman–Crippen LogP) is 0.407. The number of likely N-dealkylation sites (tertiary alicyclic amines) is 1. The van der Waals surface area contributed by atoms with Gasteiger partial charge in [0.1, 0.15) is 0 Å². The summed E-state index contributed by atoms with van der Waals surface area (Å²) in [6.07, 6.45) is 3.38. The molecule has 0 saturated carbocycles. The van der Waals surface area contributed by atoms with Gasteiger partial charge in [0.2, 0.25) is 5.91 Å². The van der Waals surface area contributed by atoms with E-state index in [4.69, 9.17) is 4.74 Å². The first-order chi connectivity index (χ1) is 6.81. The van der Waals surface area contributed by atoms with E-state index in [9.17, 15) is 4.79 Å². The van der Waals surface area contributed by atoms with Gasteiger partial charge in [-0.15, -0.1) is 12.4 Å². The lowest BCUT2D eigenvalue weighted by Crippen LogP contribution is -2.56. The molecule has 1 N–H and O–H groups in total. The van der Waals surface area contributed by atoms with Crippen molar-refractivity contribution in [2.75, 3.05) is 26.7 Å². The summed E-state index contributed by atoms with van der Waals surface area (Å²) in [5, 5.41) is 3.14. The lowest BCUT2D eigenvalue weighted by atomic mass is 10.0. The van der Waals surface area contributed by atoms with E-state index in [1.807, 2.05) is 4.90 Å². The van der Waals surface area contributed by atoms with Gasteiger partial charge in [-0.3, -0.25) is 4.79 Å². The van der Waals surface area contributed by atoms with E-state index in [2.05, 4.69) is 5.32 Å². The van der Waals surface area contributed by atoms with Crippen molar-refractivity contribution in [3.63, 3.8) is 0 Å². The third-order valence-electron chi connectivity index (χ3n) is 3.15. The second-order valence-electron chi connectivity index (χ2n) is 4.08. The van der Waals surface area contributed by atoms with Gasteiger partial charge < -0.3 is 15.0 Å². The molecule has 15 heavy (non-hydrogen) atoms. The van der Waals surface area contributed by atoms with Crippen molar-refractivity contribution in [2.24, 2.45) is 0 Å². The van der Waals surface area contributed by atoms with Crippen molar-refractivity contribution < 1.29 is 9.53 Å². The SMILES string of the molecule is COC1CCCN(C(=O)[C@H]2CCN2)C1.Cl. The van der Waals surface area contributed by atoms with E-state index in [0.717, 1.165) is 38.9 Å². The molecule has 88 valence electrons. The summed E-state index contributed by atoms with van der Waals surface area (Å²) in [6.45, 7) is 2.66. The average Bonchev–Trinajstić information content (AvgIpc) is 2.15. The minimum Gasteiger partial charge on any atom is -0.380 e. The molecule has 0 bridgehead atoms. The zero-order valence-electron chi connectivity index (χ0n) is 9.07. The van der Waals surface area contributed by atoms with Gasteiger partial charge in [-0.05, 0) is 25.8 Å². The van der Waals surface area contributed by atoms with Crippen LogP contribution in [0.25, 0.3) is 0 Å². The Bertz CT molecular complexity index is 221. The topological polar surface area (TPSA) is 41.6 Å². The van der Waals surface area contributed by atoms with E-state index in [-0.39, 0.29) is 30.5 Å². The summed E-state index contributed by atoms with van der Waals surface area (Å²) in [5.41, 5.74) is 0. The second-order valence-corrected chi connectivity index (χ2v) is 4.08. The highest BCUT2D eigenvalue weighted by Crippen LogP contribution is 2.15. The number of halogens is 1. The van der Waals surface area contributed by atoms with Crippen LogP contribution in [0.1, 0.15) is 19.3 Å². The maximum Gasteiger partial charge on any atom is 0.239 e. The van der Waals surface area contributed by atoms with Crippen LogP contribution in [0.5, 0.6) is 0 Å².